The highest BCUT2D eigenvalue weighted by Gasteiger charge is 2.14. The number of hydroxylamine groups is 2. The summed E-state index contributed by atoms with van der Waals surface area (Å²) in [7, 11) is 1.20. The largest absolute Gasteiger partial charge is 0.463 e. The van der Waals surface area contributed by atoms with Crippen LogP contribution in [0.25, 0.3) is 0 Å². The Hall–Kier alpha value is -1.30. The normalized spacial score (nSPS) is 8.22. The Labute approximate surface area is 50.6 Å². The third kappa shape index (κ3) is 1.96. The molecule has 0 aliphatic heterocycles. The van der Waals surface area contributed by atoms with E-state index in [2.05, 4.69) is 0 Å². The lowest BCUT2D eigenvalue weighted by Crippen LogP contribution is -2.38. The van der Waals surface area contributed by atoms with Crippen LogP contribution in [0.5, 0.6) is 0 Å². The summed E-state index contributed by atoms with van der Waals surface area (Å²) in [6.45, 7) is 0. The second kappa shape index (κ2) is 2.88. The van der Waals surface area contributed by atoms with Crippen LogP contribution in [0.3, 0.4) is 0 Å². The predicted molar refractivity (Wildman–Crippen MR) is 26.1 cm³/mol. The van der Waals surface area contributed by atoms with Crippen LogP contribution in [0.2, 0.25) is 0 Å². The topological polar surface area (TPSA) is 89.9 Å². The van der Waals surface area contributed by atoms with Gasteiger partial charge in [-0.3, -0.25) is 5.21 Å². The molecule has 0 saturated heterocycles. The molecule has 0 aromatic heterocycles. The number of urea groups is 1. The predicted octanol–water partition coefficient (Wildman–Crippen LogP) is -0.305. The number of carboxylic acid groups (broad SMARTS) is 1. The maximum atomic E-state index is 10.1. The van der Waals surface area contributed by atoms with Gasteiger partial charge in [0, 0.05) is 7.05 Å². The van der Waals surface area contributed by atoms with E-state index in [0.29, 0.717) is 0 Å². The lowest BCUT2D eigenvalue weighted by atomic mass is 10.9. The van der Waals surface area contributed by atoms with Crippen LogP contribution >= 0.6 is 0 Å². The Kier molecular flexibility index (Phi) is 2.46. The Morgan fingerprint density at radius 2 is 2.00 bits per heavy atom. The van der Waals surface area contributed by atoms with Crippen molar-refractivity contribution in [3.8, 4) is 0 Å². The Morgan fingerprint density at radius 3 is 2.11 bits per heavy atom. The van der Waals surface area contributed by atoms with Gasteiger partial charge in [0.25, 0.3) is 0 Å². The van der Waals surface area contributed by atoms with Crippen molar-refractivity contribution in [2.24, 2.45) is 0 Å². The molecule has 0 aliphatic carbocycles. The van der Waals surface area contributed by atoms with E-state index in [1.54, 1.807) is 0 Å². The molecule has 9 heavy (non-hydrogen) atoms. The number of rotatable bonds is 0. The number of hydrogen-bond acceptors (Lipinski definition) is 3. The van der Waals surface area contributed by atoms with Crippen molar-refractivity contribution in [3.05, 3.63) is 0 Å². The van der Waals surface area contributed by atoms with Gasteiger partial charge in [-0.1, -0.05) is 0 Å². The minimum atomic E-state index is -1.71. The number of nitrogens with zero attached hydrogens (tertiary/aromatic N) is 1. The zero-order valence-electron chi connectivity index (χ0n) is 4.66. The van der Waals surface area contributed by atoms with E-state index in [0.717, 1.165) is 0 Å². The standard InChI is InChI=1S/C3H6N2O4/c1-4-2(6)5(9)3(7)8/h9H,1H3,(H,4,6)(H,7,8). The second-order valence-electron chi connectivity index (χ2n) is 1.15. The van der Waals surface area contributed by atoms with E-state index >= 15 is 0 Å². The monoisotopic (exact) mass is 134 g/mol. The molecule has 0 aliphatic rings. The molecule has 6 heteroatoms. The van der Waals surface area contributed by atoms with E-state index in [1.165, 1.54) is 7.05 Å². The number of carbonyl (C=O) groups is 2. The summed E-state index contributed by atoms with van der Waals surface area (Å²) in [4.78, 5) is 19.9. The number of hydrogen-bond donors (Lipinski definition) is 3. The molecule has 0 radical (unpaired) electrons. The Balaban J connectivity index is 3.88. The molecule has 0 bridgehead atoms. The fourth-order valence-electron chi connectivity index (χ4n) is 0.193. The van der Waals surface area contributed by atoms with Gasteiger partial charge in [0.15, 0.2) is 0 Å². The summed E-state index contributed by atoms with van der Waals surface area (Å²) < 4.78 is 0. The molecule has 3 amide bonds. The smallest absolute Gasteiger partial charge is 0.440 e. The van der Waals surface area contributed by atoms with Gasteiger partial charge in [0.1, 0.15) is 0 Å². The molecule has 0 saturated carbocycles. The maximum absolute atomic E-state index is 10.1. The number of imide groups is 1. The molecular weight excluding hydrogens is 128 g/mol. The van der Waals surface area contributed by atoms with Gasteiger partial charge >= 0.3 is 12.1 Å². The van der Waals surface area contributed by atoms with E-state index in [-0.39, 0.29) is 0 Å². The SMILES string of the molecule is CNC(=O)N(O)C(=O)O. The van der Waals surface area contributed by atoms with E-state index in [1.807, 2.05) is 5.32 Å². The van der Waals surface area contributed by atoms with Crippen LogP contribution in [0, 0.1) is 0 Å². The van der Waals surface area contributed by atoms with Crippen LogP contribution in [0.4, 0.5) is 9.59 Å². The van der Waals surface area contributed by atoms with Crippen molar-refractivity contribution in [1.29, 1.82) is 0 Å². The summed E-state index contributed by atoms with van der Waals surface area (Å²) in [6, 6.07) is -1.08. The molecule has 0 heterocycles. The third-order valence-corrected chi connectivity index (χ3v) is 0.587. The molecule has 3 N–H and O–H groups in total. The van der Waals surface area contributed by atoms with E-state index in [9.17, 15) is 9.59 Å². The molecule has 0 aromatic carbocycles. The molecule has 0 aromatic rings. The van der Waals surface area contributed by atoms with E-state index < -0.39 is 17.2 Å². The highest BCUT2D eigenvalue weighted by atomic mass is 16.6. The van der Waals surface area contributed by atoms with Gasteiger partial charge in [-0.05, 0) is 0 Å². The van der Waals surface area contributed by atoms with Gasteiger partial charge < -0.3 is 10.4 Å². The van der Waals surface area contributed by atoms with Crippen molar-refractivity contribution in [2.75, 3.05) is 7.05 Å². The van der Waals surface area contributed by atoms with Crippen molar-refractivity contribution >= 4 is 12.1 Å². The van der Waals surface area contributed by atoms with Gasteiger partial charge in [-0.2, -0.15) is 0 Å². The Morgan fingerprint density at radius 1 is 1.56 bits per heavy atom. The van der Waals surface area contributed by atoms with Gasteiger partial charge in [0.2, 0.25) is 0 Å². The second-order valence-corrected chi connectivity index (χ2v) is 1.15. The number of carbonyl (C=O) groups excluding carboxylic acids is 1. The minimum absolute atomic E-state index is 0.444. The average molecular weight is 134 g/mol. The summed E-state index contributed by atoms with van der Waals surface area (Å²) in [5.41, 5.74) is 0. The summed E-state index contributed by atoms with van der Waals surface area (Å²) in [5, 5.41) is 17.6. The van der Waals surface area contributed by atoms with Crippen LogP contribution in [-0.4, -0.2) is 34.5 Å². The quantitative estimate of drug-likeness (QED) is 0.313. The zero-order valence-corrected chi connectivity index (χ0v) is 4.66. The van der Waals surface area contributed by atoms with Crippen molar-refractivity contribution in [1.82, 2.24) is 10.4 Å². The Bertz CT molecular complexity index is 134. The molecule has 0 fully saturated rings. The first-order chi connectivity index (χ1) is 4.09. The zero-order chi connectivity index (χ0) is 7.44. The van der Waals surface area contributed by atoms with Gasteiger partial charge in [0.05, 0.1) is 0 Å². The van der Waals surface area contributed by atoms with Crippen molar-refractivity contribution in [2.45, 2.75) is 0 Å². The first-order valence-corrected chi connectivity index (χ1v) is 2.03. The van der Waals surface area contributed by atoms with E-state index in [4.69, 9.17) is 10.3 Å². The van der Waals surface area contributed by atoms with Crippen molar-refractivity contribution in [3.63, 3.8) is 0 Å². The first kappa shape index (κ1) is 7.70. The lowest BCUT2D eigenvalue weighted by Gasteiger charge is -2.05. The highest BCUT2D eigenvalue weighted by molar-refractivity contribution is 5.87. The molecule has 0 spiro atoms. The molecule has 6 nitrogen and oxygen atoms in total. The first-order valence-electron chi connectivity index (χ1n) is 2.03. The maximum Gasteiger partial charge on any atom is 0.440 e. The highest BCUT2D eigenvalue weighted by Crippen LogP contribution is 1.81. The molecule has 0 atom stereocenters. The van der Waals surface area contributed by atoms with Crippen LogP contribution in [-0.2, 0) is 0 Å². The average Bonchev–Trinajstić information content (AvgIpc) is 1.84. The number of amides is 3. The van der Waals surface area contributed by atoms with Gasteiger partial charge in [-0.25, -0.2) is 9.59 Å². The molecule has 52 valence electrons. The lowest BCUT2D eigenvalue weighted by molar-refractivity contribution is -0.0235. The fraction of sp³-hybridized carbons (Fsp3) is 0.333. The van der Waals surface area contributed by atoms with Gasteiger partial charge in [-0.15, -0.1) is 5.06 Å². The summed E-state index contributed by atoms with van der Waals surface area (Å²) in [5.74, 6) is 0. The van der Waals surface area contributed by atoms with Crippen LogP contribution in [0.1, 0.15) is 0 Å². The van der Waals surface area contributed by atoms with Crippen LogP contribution < -0.4 is 5.32 Å². The fourth-order valence-corrected chi connectivity index (χ4v) is 0.193. The number of nitrogens with one attached hydrogen (secondary N) is 1. The molecule has 0 unspecified atom stereocenters. The van der Waals surface area contributed by atoms with Crippen molar-refractivity contribution < 1.29 is 19.9 Å². The summed E-state index contributed by atoms with van der Waals surface area (Å²) >= 11 is 0. The molecular formula is C3H6N2O4. The third-order valence-electron chi connectivity index (χ3n) is 0.587. The summed E-state index contributed by atoms with van der Waals surface area (Å²) in [6.07, 6.45) is -1.71. The van der Waals surface area contributed by atoms with Crippen LogP contribution in [0.15, 0.2) is 0 Å². The minimum Gasteiger partial charge on any atom is -0.463 e. The molecule has 0 rings (SSSR count).